The topological polar surface area (TPSA) is 43.4 Å². The highest BCUT2D eigenvalue weighted by Gasteiger charge is 2.32. The maximum absolute atomic E-state index is 12.1. The number of hydrogen-bond donors (Lipinski definition) is 0. The molecular formula is C12H12Cl2O3. The van der Waals surface area contributed by atoms with Gasteiger partial charge in [0.25, 0.3) is 0 Å². The summed E-state index contributed by atoms with van der Waals surface area (Å²) in [4.78, 5) is 23.0. The van der Waals surface area contributed by atoms with Crippen LogP contribution in [0.1, 0.15) is 31.1 Å². The Kier molecular flexibility index (Phi) is 4.17. The van der Waals surface area contributed by atoms with Crippen LogP contribution in [0, 0.1) is 0 Å². The van der Waals surface area contributed by atoms with E-state index < -0.39 is 11.6 Å². The Morgan fingerprint density at radius 2 is 1.76 bits per heavy atom. The number of ether oxygens (including phenoxy) is 1. The van der Waals surface area contributed by atoms with Gasteiger partial charge in [0, 0.05) is 12.5 Å². The van der Waals surface area contributed by atoms with Crippen LogP contribution < -0.4 is 0 Å². The van der Waals surface area contributed by atoms with E-state index >= 15 is 0 Å². The van der Waals surface area contributed by atoms with Gasteiger partial charge in [0.2, 0.25) is 5.78 Å². The molecule has 0 saturated carbocycles. The van der Waals surface area contributed by atoms with Crippen molar-refractivity contribution in [3.05, 3.63) is 33.8 Å². The number of carbonyl (C=O) groups is 2. The van der Waals surface area contributed by atoms with Crippen LogP contribution in [-0.4, -0.2) is 17.4 Å². The van der Waals surface area contributed by atoms with Crippen LogP contribution in [0.2, 0.25) is 10.0 Å². The molecule has 1 aromatic rings. The molecular weight excluding hydrogens is 263 g/mol. The summed E-state index contributed by atoms with van der Waals surface area (Å²) >= 11 is 11.6. The SMILES string of the molecule is CC(=O)OC(C)(C)C(=O)c1ccc(Cl)c(Cl)c1. The number of ketones is 1. The summed E-state index contributed by atoms with van der Waals surface area (Å²) < 4.78 is 4.96. The molecule has 1 aromatic carbocycles. The van der Waals surface area contributed by atoms with E-state index in [-0.39, 0.29) is 10.8 Å². The lowest BCUT2D eigenvalue weighted by Crippen LogP contribution is -2.36. The molecule has 3 nitrogen and oxygen atoms in total. The van der Waals surface area contributed by atoms with E-state index in [0.29, 0.717) is 10.6 Å². The lowest BCUT2D eigenvalue weighted by atomic mass is 9.96. The van der Waals surface area contributed by atoms with Gasteiger partial charge in [0.15, 0.2) is 5.60 Å². The van der Waals surface area contributed by atoms with E-state index in [1.54, 1.807) is 6.07 Å². The Morgan fingerprint density at radius 1 is 1.18 bits per heavy atom. The van der Waals surface area contributed by atoms with Crippen LogP contribution in [-0.2, 0) is 9.53 Å². The Balaban J connectivity index is 3.03. The second kappa shape index (κ2) is 5.07. The first-order valence-corrected chi connectivity index (χ1v) is 5.69. The van der Waals surface area contributed by atoms with Crippen molar-refractivity contribution in [1.29, 1.82) is 0 Å². The van der Waals surface area contributed by atoms with Crippen LogP contribution in [0.5, 0.6) is 0 Å². The third-order valence-electron chi connectivity index (χ3n) is 2.13. The molecule has 0 saturated heterocycles. The van der Waals surface area contributed by atoms with Gasteiger partial charge >= 0.3 is 5.97 Å². The molecule has 0 fully saturated rings. The minimum absolute atomic E-state index is 0.288. The second-order valence-corrected chi connectivity index (χ2v) is 4.88. The number of Topliss-reactive ketones (excluding diaryl/α,β-unsaturated/α-hetero) is 1. The summed E-state index contributed by atoms with van der Waals surface area (Å²) in [5.41, 5.74) is -0.867. The van der Waals surface area contributed by atoms with E-state index in [2.05, 4.69) is 0 Å². The maximum atomic E-state index is 12.1. The zero-order chi connectivity index (χ0) is 13.2. The molecule has 0 amide bonds. The maximum Gasteiger partial charge on any atom is 0.303 e. The summed E-state index contributed by atoms with van der Waals surface area (Å²) in [5.74, 6) is -0.838. The van der Waals surface area contributed by atoms with E-state index in [1.807, 2.05) is 0 Å². The molecule has 17 heavy (non-hydrogen) atoms. The first-order chi connectivity index (χ1) is 7.74. The Morgan fingerprint density at radius 3 is 2.24 bits per heavy atom. The summed E-state index contributed by atoms with van der Waals surface area (Å²) in [6, 6.07) is 4.53. The Bertz CT molecular complexity index is 467. The molecule has 0 N–H and O–H groups in total. The van der Waals surface area contributed by atoms with Crippen LogP contribution in [0.15, 0.2) is 18.2 Å². The van der Waals surface area contributed by atoms with Crippen LogP contribution in [0.4, 0.5) is 0 Å². The molecule has 0 unspecified atom stereocenters. The normalized spacial score (nSPS) is 11.1. The summed E-state index contributed by atoms with van der Waals surface area (Å²) in [6.07, 6.45) is 0. The highest BCUT2D eigenvalue weighted by atomic mass is 35.5. The Labute approximate surface area is 110 Å². The molecule has 0 spiro atoms. The van der Waals surface area contributed by atoms with Gasteiger partial charge in [-0.1, -0.05) is 23.2 Å². The second-order valence-electron chi connectivity index (χ2n) is 4.06. The molecule has 0 heterocycles. The molecule has 0 radical (unpaired) electrons. The molecule has 0 aromatic heterocycles. The van der Waals surface area contributed by atoms with E-state index in [4.69, 9.17) is 27.9 Å². The highest BCUT2D eigenvalue weighted by Crippen LogP contribution is 2.25. The minimum atomic E-state index is -1.22. The predicted molar refractivity (Wildman–Crippen MR) is 66.6 cm³/mol. The van der Waals surface area contributed by atoms with E-state index in [9.17, 15) is 9.59 Å². The van der Waals surface area contributed by atoms with Crippen molar-refractivity contribution in [2.75, 3.05) is 0 Å². The van der Waals surface area contributed by atoms with Crippen molar-refractivity contribution in [3.63, 3.8) is 0 Å². The average molecular weight is 275 g/mol. The molecule has 1 rings (SSSR count). The number of benzene rings is 1. The number of esters is 1. The fourth-order valence-corrected chi connectivity index (χ4v) is 1.69. The summed E-state index contributed by atoms with van der Waals surface area (Å²) in [6.45, 7) is 4.31. The lowest BCUT2D eigenvalue weighted by Gasteiger charge is -2.22. The van der Waals surface area contributed by atoms with Crippen molar-refractivity contribution < 1.29 is 14.3 Å². The number of hydrogen-bond acceptors (Lipinski definition) is 3. The van der Waals surface area contributed by atoms with Gasteiger partial charge in [-0.3, -0.25) is 9.59 Å². The van der Waals surface area contributed by atoms with Gasteiger partial charge in [-0.2, -0.15) is 0 Å². The van der Waals surface area contributed by atoms with Gasteiger partial charge in [0.1, 0.15) is 0 Å². The summed E-state index contributed by atoms with van der Waals surface area (Å²) in [7, 11) is 0. The van der Waals surface area contributed by atoms with Crippen molar-refractivity contribution in [2.24, 2.45) is 0 Å². The molecule has 5 heteroatoms. The molecule has 92 valence electrons. The van der Waals surface area contributed by atoms with Gasteiger partial charge in [-0.05, 0) is 32.0 Å². The molecule has 0 atom stereocenters. The minimum Gasteiger partial charge on any atom is -0.451 e. The number of carbonyl (C=O) groups excluding carboxylic acids is 2. The van der Waals surface area contributed by atoms with Gasteiger partial charge in [-0.15, -0.1) is 0 Å². The van der Waals surface area contributed by atoms with Gasteiger partial charge < -0.3 is 4.74 Å². The van der Waals surface area contributed by atoms with Gasteiger partial charge in [0.05, 0.1) is 10.0 Å². The van der Waals surface area contributed by atoms with Crippen molar-refractivity contribution in [1.82, 2.24) is 0 Å². The third kappa shape index (κ3) is 3.45. The van der Waals surface area contributed by atoms with Crippen LogP contribution >= 0.6 is 23.2 Å². The largest absolute Gasteiger partial charge is 0.451 e. The molecule has 0 bridgehead atoms. The van der Waals surface area contributed by atoms with Gasteiger partial charge in [-0.25, -0.2) is 0 Å². The zero-order valence-electron chi connectivity index (χ0n) is 9.71. The molecule has 0 aliphatic rings. The Hall–Kier alpha value is -1.06. The first-order valence-electron chi connectivity index (χ1n) is 4.93. The molecule has 0 aliphatic carbocycles. The van der Waals surface area contributed by atoms with E-state index in [1.165, 1.54) is 32.9 Å². The fourth-order valence-electron chi connectivity index (χ4n) is 1.39. The van der Waals surface area contributed by atoms with Crippen molar-refractivity contribution >= 4 is 35.0 Å². The highest BCUT2D eigenvalue weighted by molar-refractivity contribution is 6.42. The fraction of sp³-hybridized carbons (Fsp3) is 0.333. The first kappa shape index (κ1) is 14.0. The third-order valence-corrected chi connectivity index (χ3v) is 2.87. The predicted octanol–water partition coefficient (Wildman–Crippen LogP) is 3.52. The number of halogens is 2. The summed E-state index contributed by atoms with van der Waals surface area (Å²) in [5, 5.41) is 0.657. The standard InChI is InChI=1S/C12H12Cl2O3/c1-7(15)17-12(2,3)11(16)8-4-5-9(13)10(14)6-8/h4-6H,1-3H3. The average Bonchev–Trinajstić information content (AvgIpc) is 2.19. The zero-order valence-corrected chi connectivity index (χ0v) is 11.2. The van der Waals surface area contributed by atoms with E-state index in [0.717, 1.165) is 0 Å². The molecule has 0 aliphatic heterocycles. The monoisotopic (exact) mass is 274 g/mol. The van der Waals surface area contributed by atoms with Crippen LogP contribution in [0.25, 0.3) is 0 Å². The smallest absolute Gasteiger partial charge is 0.303 e. The lowest BCUT2D eigenvalue weighted by molar-refractivity contribution is -0.149. The van der Waals surface area contributed by atoms with Crippen LogP contribution in [0.3, 0.4) is 0 Å². The quantitative estimate of drug-likeness (QED) is 0.626. The van der Waals surface area contributed by atoms with Crippen molar-refractivity contribution in [3.8, 4) is 0 Å². The number of rotatable bonds is 3. The van der Waals surface area contributed by atoms with Crippen molar-refractivity contribution in [2.45, 2.75) is 26.4 Å².